The number of nitrogens with zero attached hydrogens (tertiary/aromatic N) is 1. The van der Waals surface area contributed by atoms with E-state index < -0.39 is 5.97 Å². The average molecular weight is 208 g/mol. The highest BCUT2D eigenvalue weighted by Gasteiger charge is 2.40. The number of hydrogen-bond acceptors (Lipinski definition) is 3. The molecule has 2 rings (SSSR count). The number of ether oxygens (including phenoxy) is 1. The molecule has 0 radical (unpaired) electrons. The lowest BCUT2D eigenvalue weighted by Gasteiger charge is -2.30. The van der Waals surface area contributed by atoms with Crippen molar-refractivity contribution in [3.8, 4) is 0 Å². The molecule has 0 amide bonds. The molecule has 1 N–H and O–H groups in total. The minimum Gasteiger partial charge on any atom is -0.481 e. The molecule has 0 saturated carbocycles. The Kier molecular flexibility index (Phi) is 3.53. The SMILES string of the molecule is Cl.O=C(O)C1CCN2CCOCC12. The normalized spacial score (nSPS) is 33.5. The highest BCUT2D eigenvalue weighted by atomic mass is 35.5. The zero-order chi connectivity index (χ0) is 8.55. The molecule has 0 aromatic heterocycles. The van der Waals surface area contributed by atoms with E-state index in [-0.39, 0.29) is 24.4 Å². The molecular weight excluding hydrogens is 194 g/mol. The third kappa shape index (κ3) is 1.95. The van der Waals surface area contributed by atoms with Crippen LogP contribution >= 0.6 is 12.4 Å². The van der Waals surface area contributed by atoms with E-state index in [2.05, 4.69) is 4.90 Å². The van der Waals surface area contributed by atoms with E-state index in [1.54, 1.807) is 0 Å². The highest BCUT2D eigenvalue weighted by molar-refractivity contribution is 5.85. The summed E-state index contributed by atoms with van der Waals surface area (Å²) in [5.41, 5.74) is 0. The molecule has 5 heteroatoms. The standard InChI is InChI=1S/C8H13NO3.ClH/c10-8(11)6-1-2-9-3-4-12-5-7(6)9;/h6-7H,1-5H2,(H,10,11);1H. The zero-order valence-corrected chi connectivity index (χ0v) is 8.13. The Bertz CT molecular complexity index is 200. The summed E-state index contributed by atoms with van der Waals surface area (Å²) >= 11 is 0. The van der Waals surface area contributed by atoms with Crippen molar-refractivity contribution < 1.29 is 14.6 Å². The van der Waals surface area contributed by atoms with Crippen LogP contribution in [0, 0.1) is 5.92 Å². The fourth-order valence-electron chi connectivity index (χ4n) is 2.09. The minimum absolute atomic E-state index is 0. The molecule has 2 atom stereocenters. The molecule has 2 aliphatic rings. The first kappa shape index (κ1) is 10.8. The molecular formula is C8H14ClNO3. The number of aliphatic carboxylic acids is 1. The van der Waals surface area contributed by atoms with Crippen LogP contribution in [0.15, 0.2) is 0 Å². The lowest BCUT2D eigenvalue weighted by Crippen LogP contribution is -2.45. The van der Waals surface area contributed by atoms with Gasteiger partial charge in [-0.3, -0.25) is 9.69 Å². The lowest BCUT2D eigenvalue weighted by molar-refractivity contribution is -0.144. The Morgan fingerprint density at radius 1 is 1.46 bits per heavy atom. The number of fused-ring (bicyclic) bond motifs is 1. The Morgan fingerprint density at radius 3 is 2.92 bits per heavy atom. The lowest BCUT2D eigenvalue weighted by atomic mass is 10.0. The summed E-state index contributed by atoms with van der Waals surface area (Å²) in [6, 6.07) is 0.135. The molecule has 2 aliphatic heterocycles. The van der Waals surface area contributed by atoms with Crippen LogP contribution in [0.4, 0.5) is 0 Å². The molecule has 2 heterocycles. The van der Waals surface area contributed by atoms with E-state index >= 15 is 0 Å². The van der Waals surface area contributed by atoms with Gasteiger partial charge < -0.3 is 9.84 Å². The number of morpholine rings is 1. The third-order valence-corrected chi connectivity index (χ3v) is 2.79. The van der Waals surface area contributed by atoms with Crippen LogP contribution in [0.1, 0.15) is 6.42 Å². The van der Waals surface area contributed by atoms with Crippen molar-refractivity contribution in [1.29, 1.82) is 0 Å². The van der Waals surface area contributed by atoms with Crippen molar-refractivity contribution in [2.75, 3.05) is 26.3 Å². The summed E-state index contributed by atoms with van der Waals surface area (Å²) in [7, 11) is 0. The van der Waals surface area contributed by atoms with Gasteiger partial charge in [0.05, 0.1) is 19.1 Å². The maximum atomic E-state index is 10.8. The van der Waals surface area contributed by atoms with Crippen molar-refractivity contribution in [3.63, 3.8) is 0 Å². The second-order valence-electron chi connectivity index (χ2n) is 3.41. The van der Waals surface area contributed by atoms with E-state index in [0.29, 0.717) is 6.61 Å². The smallest absolute Gasteiger partial charge is 0.308 e. The maximum Gasteiger partial charge on any atom is 0.308 e. The van der Waals surface area contributed by atoms with Crippen LogP contribution in [0.25, 0.3) is 0 Å². The van der Waals surface area contributed by atoms with Crippen LogP contribution < -0.4 is 0 Å². The van der Waals surface area contributed by atoms with Crippen LogP contribution in [0.5, 0.6) is 0 Å². The van der Waals surface area contributed by atoms with Gasteiger partial charge in [0.25, 0.3) is 0 Å². The molecule has 0 bridgehead atoms. The average Bonchev–Trinajstić information content (AvgIpc) is 2.47. The van der Waals surface area contributed by atoms with Crippen molar-refractivity contribution in [3.05, 3.63) is 0 Å². The van der Waals surface area contributed by atoms with Gasteiger partial charge >= 0.3 is 5.97 Å². The van der Waals surface area contributed by atoms with Gasteiger partial charge in [0, 0.05) is 12.6 Å². The monoisotopic (exact) mass is 207 g/mol. The minimum atomic E-state index is -0.673. The van der Waals surface area contributed by atoms with Crippen molar-refractivity contribution in [1.82, 2.24) is 4.90 Å². The van der Waals surface area contributed by atoms with Gasteiger partial charge in [-0.15, -0.1) is 12.4 Å². The van der Waals surface area contributed by atoms with Crippen LogP contribution in [0.3, 0.4) is 0 Å². The van der Waals surface area contributed by atoms with Crippen LogP contribution in [-0.4, -0.2) is 48.3 Å². The molecule has 0 aromatic rings. The number of carbonyl (C=O) groups is 1. The first-order valence-electron chi connectivity index (χ1n) is 4.33. The molecule has 0 aromatic carbocycles. The van der Waals surface area contributed by atoms with Crippen LogP contribution in [0.2, 0.25) is 0 Å². The number of halogens is 1. The first-order chi connectivity index (χ1) is 5.79. The molecule has 2 unspecified atom stereocenters. The summed E-state index contributed by atoms with van der Waals surface area (Å²) in [6.45, 7) is 3.17. The number of rotatable bonds is 1. The van der Waals surface area contributed by atoms with Crippen molar-refractivity contribution in [2.24, 2.45) is 5.92 Å². The largest absolute Gasteiger partial charge is 0.481 e. The van der Waals surface area contributed by atoms with Crippen molar-refractivity contribution >= 4 is 18.4 Å². The number of carboxylic acid groups (broad SMARTS) is 1. The number of carboxylic acids is 1. The summed E-state index contributed by atoms with van der Waals surface area (Å²) in [6.07, 6.45) is 0.781. The Hall–Kier alpha value is -0.320. The van der Waals surface area contributed by atoms with Gasteiger partial charge in [-0.05, 0) is 13.0 Å². The van der Waals surface area contributed by atoms with Gasteiger partial charge in [0.15, 0.2) is 0 Å². The van der Waals surface area contributed by atoms with Gasteiger partial charge in [-0.1, -0.05) is 0 Å². The number of hydrogen-bond donors (Lipinski definition) is 1. The summed E-state index contributed by atoms with van der Waals surface area (Å²) in [4.78, 5) is 13.0. The van der Waals surface area contributed by atoms with E-state index in [9.17, 15) is 4.79 Å². The molecule has 0 spiro atoms. The predicted molar refractivity (Wildman–Crippen MR) is 49.2 cm³/mol. The Morgan fingerprint density at radius 2 is 2.23 bits per heavy atom. The summed E-state index contributed by atoms with van der Waals surface area (Å²) in [5.74, 6) is -0.877. The molecule has 4 nitrogen and oxygen atoms in total. The maximum absolute atomic E-state index is 10.8. The van der Waals surface area contributed by atoms with Gasteiger partial charge in [-0.2, -0.15) is 0 Å². The molecule has 2 saturated heterocycles. The summed E-state index contributed by atoms with van der Waals surface area (Å²) in [5, 5.41) is 8.87. The van der Waals surface area contributed by atoms with E-state index in [4.69, 9.17) is 9.84 Å². The highest BCUT2D eigenvalue weighted by Crippen LogP contribution is 2.26. The Labute approximate surface area is 83.3 Å². The second-order valence-corrected chi connectivity index (χ2v) is 3.41. The van der Waals surface area contributed by atoms with Gasteiger partial charge in [-0.25, -0.2) is 0 Å². The van der Waals surface area contributed by atoms with Gasteiger partial charge in [0.1, 0.15) is 0 Å². The second kappa shape index (κ2) is 4.26. The fourth-order valence-corrected chi connectivity index (χ4v) is 2.09. The topological polar surface area (TPSA) is 49.8 Å². The molecule has 13 heavy (non-hydrogen) atoms. The fraction of sp³-hybridized carbons (Fsp3) is 0.875. The Balaban J connectivity index is 0.000000845. The summed E-state index contributed by atoms with van der Waals surface area (Å²) < 4.78 is 5.26. The van der Waals surface area contributed by atoms with Gasteiger partial charge in [0.2, 0.25) is 0 Å². The van der Waals surface area contributed by atoms with Crippen molar-refractivity contribution in [2.45, 2.75) is 12.5 Å². The van der Waals surface area contributed by atoms with E-state index in [1.807, 2.05) is 0 Å². The quantitative estimate of drug-likeness (QED) is 0.668. The molecule has 76 valence electrons. The third-order valence-electron chi connectivity index (χ3n) is 2.79. The first-order valence-corrected chi connectivity index (χ1v) is 4.33. The van der Waals surface area contributed by atoms with Crippen LogP contribution in [-0.2, 0) is 9.53 Å². The predicted octanol–water partition coefficient (Wildman–Crippen LogP) is 0.213. The van der Waals surface area contributed by atoms with E-state index in [1.165, 1.54) is 0 Å². The zero-order valence-electron chi connectivity index (χ0n) is 7.31. The molecule has 0 aliphatic carbocycles. The molecule has 2 fully saturated rings. The van der Waals surface area contributed by atoms with E-state index in [0.717, 1.165) is 26.1 Å².